The first-order valence-electron chi connectivity index (χ1n) is 6.10. The first-order chi connectivity index (χ1) is 9.90. The number of hydrogen-bond donors (Lipinski definition) is 0. The number of carbonyl (C=O) groups excluding carboxylic acids is 1. The van der Waals surface area contributed by atoms with E-state index in [2.05, 4.69) is 4.98 Å². The van der Waals surface area contributed by atoms with Crippen LogP contribution in [0.25, 0.3) is 0 Å². The van der Waals surface area contributed by atoms with Gasteiger partial charge < -0.3 is 0 Å². The Hall–Kier alpha value is -2.25. The van der Waals surface area contributed by atoms with Crippen molar-refractivity contribution in [3.63, 3.8) is 0 Å². The molecule has 0 aliphatic rings. The molecule has 0 unspecified atom stereocenters. The highest BCUT2D eigenvalue weighted by atomic mass is 32.2. The molecule has 1 aromatic heterocycles. The predicted octanol–water partition coefficient (Wildman–Crippen LogP) is 1.78. The second kappa shape index (κ2) is 6.02. The number of nitrogens with zero attached hydrogens (tertiary/aromatic N) is 2. The second-order valence-electron chi connectivity index (χ2n) is 4.36. The third kappa shape index (κ3) is 3.65. The summed E-state index contributed by atoms with van der Waals surface area (Å²) in [4.78, 5) is 15.8. The van der Waals surface area contributed by atoms with E-state index in [0.29, 0.717) is 5.06 Å². The molecular formula is C14H14N2O4S. The normalized spacial score (nSPS) is 11.1. The van der Waals surface area contributed by atoms with Crippen molar-refractivity contribution in [3.05, 3.63) is 59.9 Å². The summed E-state index contributed by atoms with van der Waals surface area (Å²) in [7, 11) is -2.83. The van der Waals surface area contributed by atoms with E-state index in [9.17, 15) is 13.2 Å². The van der Waals surface area contributed by atoms with Crippen LogP contribution in [0.1, 0.15) is 16.1 Å². The molecule has 2 aromatic rings. The van der Waals surface area contributed by atoms with Crippen molar-refractivity contribution >= 4 is 16.0 Å². The highest BCUT2D eigenvalue weighted by Gasteiger charge is 2.23. The Balaban J connectivity index is 2.17. The first kappa shape index (κ1) is 15.1. The van der Waals surface area contributed by atoms with Gasteiger partial charge in [0.15, 0.2) is 0 Å². The Labute approximate surface area is 123 Å². The van der Waals surface area contributed by atoms with Gasteiger partial charge in [0.05, 0.1) is 4.90 Å². The molecule has 0 saturated heterocycles. The van der Waals surface area contributed by atoms with Crippen molar-refractivity contribution in [1.82, 2.24) is 10.0 Å². The summed E-state index contributed by atoms with van der Waals surface area (Å²) in [6, 6.07) is 10.9. The lowest BCUT2D eigenvalue weighted by Crippen LogP contribution is -2.30. The third-order valence-electron chi connectivity index (χ3n) is 2.69. The number of amides is 1. The molecule has 1 amide bonds. The third-order valence-corrected chi connectivity index (χ3v) is 3.96. The van der Waals surface area contributed by atoms with Gasteiger partial charge in [-0.25, -0.2) is 5.06 Å². The number of pyridine rings is 1. The molecule has 0 N–H and O–H groups in total. The van der Waals surface area contributed by atoms with E-state index in [-0.39, 0.29) is 10.6 Å². The van der Waals surface area contributed by atoms with Gasteiger partial charge in [-0.3, -0.25) is 9.78 Å². The van der Waals surface area contributed by atoms with Crippen LogP contribution < -0.4 is 0 Å². The Morgan fingerprint density at radius 1 is 1.14 bits per heavy atom. The average molecular weight is 306 g/mol. The Kier molecular flexibility index (Phi) is 4.35. The monoisotopic (exact) mass is 306 g/mol. The average Bonchev–Trinajstić information content (AvgIpc) is 2.47. The molecule has 0 saturated carbocycles. The van der Waals surface area contributed by atoms with Crippen molar-refractivity contribution in [3.8, 4) is 0 Å². The molecule has 1 aromatic carbocycles. The summed E-state index contributed by atoms with van der Waals surface area (Å²) in [6.07, 6.45) is 1.44. The zero-order valence-electron chi connectivity index (χ0n) is 11.6. The molecule has 0 radical (unpaired) electrons. The molecule has 0 spiro atoms. The minimum atomic E-state index is -4.05. The molecule has 0 aliphatic carbocycles. The molecule has 110 valence electrons. The van der Waals surface area contributed by atoms with Gasteiger partial charge >= 0.3 is 10.1 Å². The van der Waals surface area contributed by atoms with Crippen LogP contribution in [-0.4, -0.2) is 31.4 Å². The molecule has 0 aliphatic heterocycles. The summed E-state index contributed by atoms with van der Waals surface area (Å²) < 4.78 is 28.9. The number of hydroxylamine groups is 2. The fraction of sp³-hybridized carbons (Fsp3) is 0.143. The summed E-state index contributed by atoms with van der Waals surface area (Å²) in [5.74, 6) is -0.647. The van der Waals surface area contributed by atoms with E-state index in [1.54, 1.807) is 24.3 Å². The van der Waals surface area contributed by atoms with Crippen molar-refractivity contribution in [2.45, 2.75) is 11.8 Å². The molecule has 0 fully saturated rings. The quantitative estimate of drug-likeness (QED) is 0.805. The molecule has 0 atom stereocenters. The van der Waals surface area contributed by atoms with Gasteiger partial charge in [-0.05, 0) is 31.2 Å². The first-order valence-corrected chi connectivity index (χ1v) is 7.51. The number of aryl methyl sites for hydroxylation is 1. The second-order valence-corrected chi connectivity index (χ2v) is 5.89. The van der Waals surface area contributed by atoms with Crippen LogP contribution >= 0.6 is 0 Å². The number of carbonyl (C=O) groups is 1. The topological polar surface area (TPSA) is 76.6 Å². The molecule has 0 bridgehead atoms. The van der Waals surface area contributed by atoms with E-state index in [4.69, 9.17) is 4.28 Å². The Morgan fingerprint density at radius 2 is 1.81 bits per heavy atom. The summed E-state index contributed by atoms with van der Waals surface area (Å²) >= 11 is 0. The van der Waals surface area contributed by atoms with Crippen LogP contribution in [0.15, 0.2) is 53.6 Å². The van der Waals surface area contributed by atoms with Crippen LogP contribution in [0, 0.1) is 6.92 Å². The SMILES string of the molecule is Cc1ccc(S(=O)(=O)ON(C)C(=O)c2ccccn2)cc1. The fourth-order valence-corrected chi connectivity index (χ4v) is 2.50. The molecule has 1 heterocycles. The van der Waals surface area contributed by atoms with Gasteiger partial charge in [-0.2, -0.15) is 8.42 Å². The maximum absolute atomic E-state index is 12.1. The number of hydrogen-bond acceptors (Lipinski definition) is 5. The number of rotatable bonds is 4. The van der Waals surface area contributed by atoms with Crippen molar-refractivity contribution in [2.24, 2.45) is 0 Å². The van der Waals surface area contributed by atoms with Gasteiger partial charge in [0.2, 0.25) is 0 Å². The Morgan fingerprint density at radius 3 is 2.38 bits per heavy atom. The molecule has 7 heteroatoms. The maximum Gasteiger partial charge on any atom is 0.317 e. The van der Waals surface area contributed by atoms with Crippen LogP contribution in [0.2, 0.25) is 0 Å². The van der Waals surface area contributed by atoms with Crippen molar-refractivity contribution < 1.29 is 17.5 Å². The lowest BCUT2D eigenvalue weighted by atomic mass is 10.2. The fourth-order valence-electron chi connectivity index (χ4n) is 1.58. The summed E-state index contributed by atoms with van der Waals surface area (Å²) in [5.41, 5.74) is 1.02. The van der Waals surface area contributed by atoms with Crippen LogP contribution in [0.4, 0.5) is 0 Å². The van der Waals surface area contributed by atoms with Gasteiger partial charge in [0, 0.05) is 13.2 Å². The van der Waals surface area contributed by atoms with Gasteiger partial charge in [-0.1, -0.05) is 23.8 Å². The maximum atomic E-state index is 12.1. The highest BCUT2D eigenvalue weighted by Crippen LogP contribution is 2.15. The van der Waals surface area contributed by atoms with E-state index < -0.39 is 16.0 Å². The number of aromatic nitrogens is 1. The largest absolute Gasteiger partial charge is 0.317 e. The lowest BCUT2D eigenvalue weighted by molar-refractivity contribution is -0.00931. The van der Waals surface area contributed by atoms with E-state index in [0.717, 1.165) is 5.56 Å². The smallest absolute Gasteiger partial charge is 0.265 e. The molecule has 21 heavy (non-hydrogen) atoms. The Bertz CT molecular complexity index is 727. The summed E-state index contributed by atoms with van der Waals surface area (Å²) in [6.45, 7) is 1.84. The van der Waals surface area contributed by atoms with Crippen molar-refractivity contribution in [1.29, 1.82) is 0 Å². The van der Waals surface area contributed by atoms with Gasteiger partial charge in [0.25, 0.3) is 5.91 Å². The predicted molar refractivity (Wildman–Crippen MR) is 75.8 cm³/mol. The van der Waals surface area contributed by atoms with Gasteiger partial charge in [0.1, 0.15) is 5.69 Å². The minimum Gasteiger partial charge on any atom is -0.265 e. The zero-order valence-corrected chi connectivity index (χ0v) is 12.4. The summed E-state index contributed by atoms with van der Waals surface area (Å²) in [5, 5.41) is 0.650. The lowest BCUT2D eigenvalue weighted by Gasteiger charge is -2.15. The van der Waals surface area contributed by atoms with Crippen LogP contribution in [0.5, 0.6) is 0 Å². The van der Waals surface area contributed by atoms with Crippen LogP contribution in [0.3, 0.4) is 0 Å². The van der Waals surface area contributed by atoms with E-state index in [1.807, 2.05) is 6.92 Å². The number of benzene rings is 1. The standard InChI is InChI=1S/C14H14N2O4S/c1-11-6-8-12(9-7-11)21(18,19)20-16(2)14(17)13-5-3-4-10-15-13/h3-10H,1-2H3. The zero-order chi connectivity index (χ0) is 15.5. The highest BCUT2D eigenvalue weighted by molar-refractivity contribution is 7.86. The minimum absolute atomic E-state index is 0.0197. The van der Waals surface area contributed by atoms with E-state index >= 15 is 0 Å². The van der Waals surface area contributed by atoms with Crippen LogP contribution in [-0.2, 0) is 14.4 Å². The van der Waals surface area contributed by atoms with Crippen molar-refractivity contribution in [2.75, 3.05) is 7.05 Å². The van der Waals surface area contributed by atoms with Gasteiger partial charge in [-0.15, -0.1) is 4.28 Å². The van der Waals surface area contributed by atoms with E-state index in [1.165, 1.54) is 31.4 Å². The molecule has 2 rings (SSSR count). The molecular weight excluding hydrogens is 292 g/mol. The molecule has 6 nitrogen and oxygen atoms in total.